The second-order valence-corrected chi connectivity index (χ2v) is 5.42. The molecule has 3 heteroatoms. The third-order valence-electron chi connectivity index (χ3n) is 3.16. The van der Waals surface area contributed by atoms with Crippen LogP contribution in [0, 0.1) is 24.2 Å². The van der Waals surface area contributed by atoms with E-state index in [9.17, 15) is 5.26 Å². The summed E-state index contributed by atoms with van der Waals surface area (Å²) in [5.74, 6) is 0.236. The monoisotopic (exact) mass is 290 g/mol. The molecule has 17 heavy (non-hydrogen) atoms. The lowest BCUT2D eigenvalue weighted by atomic mass is 9.92. The van der Waals surface area contributed by atoms with Crippen LogP contribution in [0.5, 0.6) is 0 Å². The summed E-state index contributed by atoms with van der Waals surface area (Å²) in [6.07, 6.45) is 2.02. The van der Waals surface area contributed by atoms with Crippen molar-refractivity contribution in [2.75, 3.05) is 0 Å². The van der Waals surface area contributed by atoms with Gasteiger partial charge in [0.25, 0.3) is 0 Å². The van der Waals surface area contributed by atoms with Crippen molar-refractivity contribution in [3.05, 3.63) is 40.1 Å². The number of pyridine rings is 1. The first-order chi connectivity index (χ1) is 8.07. The van der Waals surface area contributed by atoms with E-state index in [1.165, 1.54) is 0 Å². The van der Waals surface area contributed by atoms with Crippen molar-refractivity contribution in [3.8, 4) is 6.07 Å². The Balaban J connectivity index is 2.77. The first-order valence-corrected chi connectivity index (χ1v) is 6.52. The van der Waals surface area contributed by atoms with Crippen LogP contribution < -0.4 is 0 Å². The molecule has 0 radical (unpaired) electrons. The summed E-state index contributed by atoms with van der Waals surface area (Å²) < 4.78 is 3.21. The number of fused-ring (bicyclic) bond motifs is 1. The zero-order chi connectivity index (χ0) is 12.6. The van der Waals surface area contributed by atoms with Gasteiger partial charge in [0.15, 0.2) is 0 Å². The highest BCUT2D eigenvalue weighted by molar-refractivity contribution is 9.10. The van der Waals surface area contributed by atoms with Crippen molar-refractivity contribution in [2.45, 2.75) is 26.7 Å². The van der Waals surface area contributed by atoms with Crippen molar-refractivity contribution >= 4 is 21.4 Å². The minimum atomic E-state index is -0.0730. The highest BCUT2D eigenvalue weighted by Crippen LogP contribution is 2.35. The third kappa shape index (κ3) is 1.87. The first-order valence-electron chi connectivity index (χ1n) is 5.72. The van der Waals surface area contributed by atoms with Crippen LogP contribution in [0.2, 0.25) is 0 Å². The molecule has 88 valence electrons. The lowest BCUT2D eigenvalue weighted by molar-refractivity contribution is 0.570. The van der Waals surface area contributed by atoms with Gasteiger partial charge >= 0.3 is 0 Å². The van der Waals surface area contributed by atoms with E-state index in [4.69, 9.17) is 0 Å². The predicted molar refractivity (Wildman–Crippen MR) is 73.0 cm³/mol. The second-order valence-electron chi connectivity index (χ2n) is 4.63. The number of hydrogen-bond donors (Lipinski definition) is 0. The van der Waals surface area contributed by atoms with Crippen LogP contribution in [0.15, 0.2) is 28.9 Å². The van der Waals surface area contributed by atoms with Crippen LogP contribution in [0.4, 0.5) is 0 Å². The van der Waals surface area contributed by atoms with E-state index in [0.29, 0.717) is 5.92 Å². The van der Waals surface area contributed by atoms with Crippen molar-refractivity contribution in [2.24, 2.45) is 5.92 Å². The maximum Gasteiger partial charge on any atom is 0.0894 e. The van der Waals surface area contributed by atoms with E-state index < -0.39 is 0 Å². The molecule has 0 aliphatic carbocycles. The molecular formula is C14H15BrN2. The Morgan fingerprint density at radius 2 is 2.06 bits per heavy atom. The van der Waals surface area contributed by atoms with Crippen LogP contribution in [-0.2, 0) is 0 Å². The van der Waals surface area contributed by atoms with Crippen LogP contribution in [-0.4, -0.2) is 4.40 Å². The molecule has 1 atom stereocenters. The number of hydrogen-bond acceptors (Lipinski definition) is 1. The average Bonchev–Trinajstić information content (AvgIpc) is 2.56. The van der Waals surface area contributed by atoms with E-state index in [0.717, 1.165) is 21.2 Å². The number of nitriles is 1. The van der Waals surface area contributed by atoms with Gasteiger partial charge in [0.05, 0.1) is 17.5 Å². The van der Waals surface area contributed by atoms with Gasteiger partial charge in [-0.15, -0.1) is 0 Å². The number of aromatic nitrogens is 1. The normalized spacial score (nSPS) is 12.9. The molecule has 2 heterocycles. The summed E-state index contributed by atoms with van der Waals surface area (Å²) in [6, 6.07) is 8.50. The Labute approximate surface area is 110 Å². The molecule has 0 aliphatic heterocycles. The fraction of sp³-hybridized carbons (Fsp3) is 0.357. The van der Waals surface area contributed by atoms with Crippen LogP contribution >= 0.6 is 15.9 Å². The van der Waals surface area contributed by atoms with Gasteiger partial charge in [-0.05, 0) is 46.5 Å². The summed E-state index contributed by atoms with van der Waals surface area (Å²) in [4.78, 5) is 0. The van der Waals surface area contributed by atoms with Gasteiger partial charge in [0.1, 0.15) is 0 Å². The molecule has 0 spiro atoms. The molecule has 0 fully saturated rings. The van der Waals surface area contributed by atoms with Gasteiger partial charge in [-0.1, -0.05) is 19.9 Å². The maximum absolute atomic E-state index is 9.36. The fourth-order valence-corrected chi connectivity index (χ4v) is 2.75. The quantitative estimate of drug-likeness (QED) is 0.812. The zero-order valence-corrected chi connectivity index (χ0v) is 11.8. The summed E-state index contributed by atoms with van der Waals surface area (Å²) in [6.45, 7) is 6.24. The van der Waals surface area contributed by atoms with Crippen LogP contribution in [0.1, 0.15) is 31.0 Å². The molecule has 0 saturated heterocycles. The third-order valence-corrected chi connectivity index (χ3v) is 4.16. The molecule has 0 amide bonds. The number of nitrogens with zero attached hydrogens (tertiary/aromatic N) is 2. The molecule has 2 aromatic heterocycles. The zero-order valence-electron chi connectivity index (χ0n) is 10.2. The van der Waals surface area contributed by atoms with Gasteiger partial charge in [-0.2, -0.15) is 5.26 Å². The molecular weight excluding hydrogens is 276 g/mol. The van der Waals surface area contributed by atoms with Crippen molar-refractivity contribution in [1.82, 2.24) is 4.40 Å². The molecule has 2 aromatic rings. The maximum atomic E-state index is 9.36. The summed E-state index contributed by atoms with van der Waals surface area (Å²) in [5.41, 5.74) is 3.39. The molecule has 2 nitrogen and oxygen atoms in total. The van der Waals surface area contributed by atoms with Gasteiger partial charge in [0, 0.05) is 16.4 Å². The Bertz CT molecular complexity index is 590. The predicted octanol–water partition coefficient (Wildman–Crippen LogP) is 4.27. The van der Waals surface area contributed by atoms with Crippen molar-refractivity contribution < 1.29 is 0 Å². The van der Waals surface area contributed by atoms with Crippen LogP contribution in [0.3, 0.4) is 0 Å². The highest BCUT2D eigenvalue weighted by Gasteiger charge is 2.23. The molecule has 0 saturated carbocycles. The largest absolute Gasteiger partial charge is 0.318 e. The first kappa shape index (κ1) is 12.2. The molecule has 0 aliphatic rings. The highest BCUT2D eigenvalue weighted by atomic mass is 79.9. The van der Waals surface area contributed by atoms with Gasteiger partial charge in [0.2, 0.25) is 0 Å². The van der Waals surface area contributed by atoms with E-state index in [-0.39, 0.29) is 5.92 Å². The smallest absolute Gasteiger partial charge is 0.0894 e. The van der Waals surface area contributed by atoms with Crippen LogP contribution in [0.25, 0.3) is 5.52 Å². The Kier molecular flexibility index (Phi) is 3.26. The van der Waals surface area contributed by atoms with E-state index in [2.05, 4.69) is 53.2 Å². The Morgan fingerprint density at radius 3 is 2.65 bits per heavy atom. The number of rotatable bonds is 2. The van der Waals surface area contributed by atoms with Crippen molar-refractivity contribution in [3.63, 3.8) is 0 Å². The standard InChI is InChI=1S/C14H15BrN2/c1-9(2)11(8-16)14-10(3)13(15)12-6-4-5-7-17(12)14/h4-7,9,11H,1-3H3. The summed E-state index contributed by atoms with van der Waals surface area (Å²) >= 11 is 3.62. The minimum Gasteiger partial charge on any atom is -0.318 e. The van der Waals surface area contributed by atoms with Gasteiger partial charge in [-0.25, -0.2) is 0 Å². The van der Waals surface area contributed by atoms with E-state index in [1.54, 1.807) is 0 Å². The topological polar surface area (TPSA) is 28.2 Å². The van der Waals surface area contributed by atoms with Crippen molar-refractivity contribution in [1.29, 1.82) is 5.26 Å². The Hall–Kier alpha value is -1.27. The van der Waals surface area contributed by atoms with Gasteiger partial charge < -0.3 is 4.40 Å². The summed E-state index contributed by atoms with van der Waals surface area (Å²) in [7, 11) is 0. The molecule has 0 N–H and O–H groups in total. The minimum absolute atomic E-state index is 0.0730. The fourth-order valence-electron chi connectivity index (χ4n) is 2.23. The lowest BCUT2D eigenvalue weighted by Crippen LogP contribution is -2.08. The van der Waals surface area contributed by atoms with Gasteiger partial charge in [-0.3, -0.25) is 0 Å². The average molecular weight is 291 g/mol. The lowest BCUT2D eigenvalue weighted by Gasteiger charge is -2.14. The Morgan fingerprint density at radius 1 is 1.35 bits per heavy atom. The summed E-state index contributed by atoms with van der Waals surface area (Å²) in [5, 5.41) is 9.36. The SMILES string of the molecule is Cc1c(Br)c2ccccn2c1C(C#N)C(C)C. The molecule has 1 unspecified atom stereocenters. The van der Waals surface area contributed by atoms with E-state index >= 15 is 0 Å². The molecule has 2 rings (SSSR count). The number of halogens is 1. The second kappa shape index (κ2) is 4.54. The van der Waals surface area contributed by atoms with E-state index in [1.807, 2.05) is 18.3 Å². The molecule has 0 bridgehead atoms. The molecule has 0 aromatic carbocycles.